The quantitative estimate of drug-likeness (QED) is 0.872. The highest BCUT2D eigenvalue weighted by molar-refractivity contribution is 5.55. The SMILES string of the molecule is OC(CN1CCCc2ccccc21)C1CCCCN1. The highest BCUT2D eigenvalue weighted by atomic mass is 16.3. The van der Waals surface area contributed by atoms with Crippen molar-refractivity contribution >= 4 is 5.69 Å². The zero-order valence-electron chi connectivity index (χ0n) is 11.5. The van der Waals surface area contributed by atoms with Gasteiger partial charge in [0.2, 0.25) is 0 Å². The van der Waals surface area contributed by atoms with Crippen LogP contribution < -0.4 is 10.2 Å². The van der Waals surface area contributed by atoms with Crippen LogP contribution in [-0.2, 0) is 6.42 Å². The lowest BCUT2D eigenvalue weighted by Crippen LogP contribution is -2.49. The molecule has 1 saturated heterocycles. The predicted octanol–water partition coefficient (Wildman–Crippen LogP) is 1.94. The molecule has 2 atom stereocenters. The fourth-order valence-corrected chi connectivity index (χ4v) is 3.36. The first kappa shape index (κ1) is 12.9. The van der Waals surface area contributed by atoms with E-state index in [0.717, 1.165) is 26.1 Å². The summed E-state index contributed by atoms with van der Waals surface area (Å²) in [6.07, 6.45) is 5.70. The van der Waals surface area contributed by atoms with E-state index in [2.05, 4.69) is 34.5 Å². The summed E-state index contributed by atoms with van der Waals surface area (Å²) in [6, 6.07) is 8.90. The highest BCUT2D eigenvalue weighted by Gasteiger charge is 2.25. The number of aryl methyl sites for hydroxylation is 1. The third kappa shape index (κ3) is 2.93. The summed E-state index contributed by atoms with van der Waals surface area (Å²) in [6.45, 7) is 2.88. The minimum Gasteiger partial charge on any atom is -0.390 e. The Bertz CT molecular complexity index is 415. The summed E-state index contributed by atoms with van der Waals surface area (Å²) in [7, 11) is 0. The number of nitrogens with zero attached hydrogens (tertiary/aromatic N) is 1. The summed E-state index contributed by atoms with van der Waals surface area (Å²) >= 11 is 0. The lowest BCUT2D eigenvalue weighted by Gasteiger charge is -2.36. The average molecular weight is 260 g/mol. The standard InChI is InChI=1S/C16H24N2O/c19-16(14-8-3-4-10-17-14)12-18-11-5-7-13-6-1-2-9-15(13)18/h1-2,6,9,14,16-17,19H,3-5,7-8,10-12H2. The molecule has 0 aromatic heterocycles. The maximum Gasteiger partial charge on any atom is 0.0867 e. The number of piperidine rings is 1. The van der Waals surface area contributed by atoms with Crippen LogP contribution >= 0.6 is 0 Å². The van der Waals surface area contributed by atoms with Crippen molar-refractivity contribution in [2.24, 2.45) is 0 Å². The number of aliphatic hydroxyl groups is 1. The molecule has 2 aliphatic heterocycles. The van der Waals surface area contributed by atoms with Crippen molar-refractivity contribution in [1.82, 2.24) is 5.32 Å². The van der Waals surface area contributed by atoms with Crippen molar-refractivity contribution in [3.05, 3.63) is 29.8 Å². The molecular formula is C16H24N2O. The molecule has 3 heteroatoms. The molecule has 1 aromatic carbocycles. The second-order valence-electron chi connectivity index (χ2n) is 5.80. The second kappa shape index (κ2) is 5.93. The van der Waals surface area contributed by atoms with Crippen LogP contribution in [0.5, 0.6) is 0 Å². The van der Waals surface area contributed by atoms with Crippen LogP contribution in [0.4, 0.5) is 5.69 Å². The van der Waals surface area contributed by atoms with Gasteiger partial charge in [-0.2, -0.15) is 0 Å². The molecule has 3 nitrogen and oxygen atoms in total. The Balaban J connectivity index is 1.66. The van der Waals surface area contributed by atoms with Crippen LogP contribution in [-0.4, -0.2) is 36.9 Å². The van der Waals surface area contributed by atoms with Gasteiger partial charge < -0.3 is 15.3 Å². The van der Waals surface area contributed by atoms with Gasteiger partial charge >= 0.3 is 0 Å². The Morgan fingerprint density at radius 2 is 2.16 bits per heavy atom. The molecule has 1 aromatic rings. The number of anilines is 1. The summed E-state index contributed by atoms with van der Waals surface area (Å²) in [5.74, 6) is 0. The van der Waals surface area contributed by atoms with Gasteiger partial charge in [-0.1, -0.05) is 24.6 Å². The summed E-state index contributed by atoms with van der Waals surface area (Å²) in [5.41, 5.74) is 2.75. The van der Waals surface area contributed by atoms with E-state index in [1.165, 1.54) is 36.9 Å². The van der Waals surface area contributed by atoms with E-state index in [4.69, 9.17) is 0 Å². The molecule has 1 fully saturated rings. The van der Waals surface area contributed by atoms with Gasteiger partial charge in [-0.15, -0.1) is 0 Å². The normalized spacial score (nSPS) is 24.9. The number of nitrogens with one attached hydrogen (secondary N) is 1. The molecule has 0 amide bonds. The Morgan fingerprint density at radius 3 is 3.00 bits per heavy atom. The van der Waals surface area contributed by atoms with Crippen molar-refractivity contribution in [3.8, 4) is 0 Å². The van der Waals surface area contributed by atoms with Crippen molar-refractivity contribution in [2.45, 2.75) is 44.2 Å². The number of rotatable bonds is 3. The maximum absolute atomic E-state index is 10.4. The fraction of sp³-hybridized carbons (Fsp3) is 0.625. The number of hydrogen-bond acceptors (Lipinski definition) is 3. The predicted molar refractivity (Wildman–Crippen MR) is 78.6 cm³/mol. The molecule has 3 rings (SSSR count). The summed E-state index contributed by atoms with van der Waals surface area (Å²) < 4.78 is 0. The van der Waals surface area contributed by atoms with Gasteiger partial charge in [0.1, 0.15) is 0 Å². The molecule has 2 aliphatic rings. The monoisotopic (exact) mass is 260 g/mol. The Morgan fingerprint density at radius 1 is 1.26 bits per heavy atom. The second-order valence-corrected chi connectivity index (χ2v) is 5.80. The van der Waals surface area contributed by atoms with Gasteiger partial charge in [0.25, 0.3) is 0 Å². The number of β-amino-alcohol motifs (C(OH)–C–C–N with tert-alkyl or cyclic N) is 1. The van der Waals surface area contributed by atoms with E-state index in [1.54, 1.807) is 0 Å². The zero-order chi connectivity index (χ0) is 13.1. The van der Waals surface area contributed by atoms with Gasteiger partial charge in [0.05, 0.1) is 6.10 Å². The smallest absolute Gasteiger partial charge is 0.0867 e. The molecule has 0 saturated carbocycles. The van der Waals surface area contributed by atoms with Crippen molar-refractivity contribution in [3.63, 3.8) is 0 Å². The maximum atomic E-state index is 10.4. The number of para-hydroxylation sites is 1. The van der Waals surface area contributed by atoms with Gasteiger partial charge in [0, 0.05) is 24.8 Å². The van der Waals surface area contributed by atoms with E-state index >= 15 is 0 Å². The van der Waals surface area contributed by atoms with Gasteiger partial charge in [-0.25, -0.2) is 0 Å². The molecule has 2 unspecified atom stereocenters. The lowest BCUT2D eigenvalue weighted by molar-refractivity contribution is 0.117. The molecule has 2 N–H and O–H groups in total. The van der Waals surface area contributed by atoms with E-state index in [0.29, 0.717) is 0 Å². The number of aliphatic hydroxyl groups excluding tert-OH is 1. The summed E-state index contributed by atoms with van der Waals surface area (Å²) in [4.78, 5) is 2.36. The molecular weight excluding hydrogens is 236 g/mol. The van der Waals surface area contributed by atoms with E-state index < -0.39 is 0 Å². The number of benzene rings is 1. The van der Waals surface area contributed by atoms with Gasteiger partial charge in [0.15, 0.2) is 0 Å². The Labute approximate surface area is 115 Å². The first-order valence-corrected chi connectivity index (χ1v) is 7.59. The topological polar surface area (TPSA) is 35.5 Å². The number of fused-ring (bicyclic) bond motifs is 1. The lowest BCUT2D eigenvalue weighted by atomic mass is 9.97. The fourth-order valence-electron chi connectivity index (χ4n) is 3.36. The van der Waals surface area contributed by atoms with Gasteiger partial charge in [-0.05, 0) is 43.9 Å². The Kier molecular flexibility index (Phi) is 4.04. The minimum absolute atomic E-state index is 0.258. The highest BCUT2D eigenvalue weighted by Crippen LogP contribution is 2.27. The molecule has 0 radical (unpaired) electrons. The zero-order valence-corrected chi connectivity index (χ0v) is 11.5. The Hall–Kier alpha value is -1.06. The van der Waals surface area contributed by atoms with Crippen LogP contribution in [0.1, 0.15) is 31.2 Å². The van der Waals surface area contributed by atoms with Crippen molar-refractivity contribution < 1.29 is 5.11 Å². The molecule has 0 aliphatic carbocycles. The van der Waals surface area contributed by atoms with Crippen LogP contribution in [0.2, 0.25) is 0 Å². The van der Waals surface area contributed by atoms with E-state index in [9.17, 15) is 5.11 Å². The number of hydrogen-bond donors (Lipinski definition) is 2. The summed E-state index contributed by atoms with van der Waals surface area (Å²) in [5, 5.41) is 13.9. The van der Waals surface area contributed by atoms with Gasteiger partial charge in [-0.3, -0.25) is 0 Å². The van der Waals surface area contributed by atoms with Crippen molar-refractivity contribution in [2.75, 3.05) is 24.5 Å². The molecule has 2 heterocycles. The first-order valence-electron chi connectivity index (χ1n) is 7.59. The van der Waals surface area contributed by atoms with Crippen LogP contribution in [0.15, 0.2) is 24.3 Å². The average Bonchev–Trinajstić information content (AvgIpc) is 2.48. The third-order valence-corrected chi connectivity index (χ3v) is 4.43. The van der Waals surface area contributed by atoms with E-state index in [-0.39, 0.29) is 12.1 Å². The van der Waals surface area contributed by atoms with E-state index in [1.807, 2.05) is 0 Å². The molecule has 0 bridgehead atoms. The minimum atomic E-state index is -0.258. The molecule has 0 spiro atoms. The first-order chi connectivity index (χ1) is 9.34. The molecule has 104 valence electrons. The van der Waals surface area contributed by atoms with Crippen LogP contribution in [0, 0.1) is 0 Å². The largest absolute Gasteiger partial charge is 0.390 e. The molecule has 19 heavy (non-hydrogen) atoms. The third-order valence-electron chi connectivity index (χ3n) is 4.43. The van der Waals surface area contributed by atoms with Crippen molar-refractivity contribution in [1.29, 1.82) is 0 Å². The van der Waals surface area contributed by atoms with Crippen LogP contribution in [0.3, 0.4) is 0 Å². The van der Waals surface area contributed by atoms with Crippen LogP contribution in [0.25, 0.3) is 0 Å².